The molecule has 0 heterocycles. The Bertz CT molecular complexity index is 1280. The van der Waals surface area contributed by atoms with Gasteiger partial charge in [0.05, 0.1) is 6.54 Å². The summed E-state index contributed by atoms with van der Waals surface area (Å²) >= 11 is 0. The van der Waals surface area contributed by atoms with E-state index >= 15 is 0 Å². The Balaban J connectivity index is 1.80. The molecular formula is C32H41N5O2. The number of ether oxygens (including phenoxy) is 1. The standard InChI is InChI=1S/C32H41N5O2/c1-20(2)16-28(23-8-10-25(11-9-23)31(38)35-19-29(33)36-37-34)39-27-17-21(3)30(22(4)18-27)24-12-14-26(15-13-24)32(5,6)7/h8-15,17-18,20,28H,16,19H2,1-7H3,(H,35,38)(H3,33,34,36). The second kappa shape index (κ2) is 12.7. The molecule has 0 saturated heterocycles. The second-order valence-electron chi connectivity index (χ2n) is 11.5. The molecule has 0 fully saturated rings. The van der Waals surface area contributed by atoms with Gasteiger partial charge in [0.15, 0.2) is 0 Å². The maximum Gasteiger partial charge on any atom is 0.251 e. The smallest absolute Gasteiger partial charge is 0.251 e. The molecule has 0 radical (unpaired) electrons. The average molecular weight is 528 g/mol. The van der Waals surface area contributed by atoms with Gasteiger partial charge in [-0.05, 0) is 89.2 Å². The van der Waals surface area contributed by atoms with Crippen molar-refractivity contribution in [3.05, 3.63) is 88.5 Å². The van der Waals surface area contributed by atoms with Crippen molar-refractivity contribution in [3.8, 4) is 16.9 Å². The monoisotopic (exact) mass is 527 g/mol. The van der Waals surface area contributed by atoms with Crippen molar-refractivity contribution in [3.63, 3.8) is 0 Å². The zero-order chi connectivity index (χ0) is 28.7. The van der Waals surface area contributed by atoms with Gasteiger partial charge in [-0.25, -0.2) is 5.43 Å². The Hall–Kier alpha value is -4.00. The van der Waals surface area contributed by atoms with Crippen LogP contribution in [0.4, 0.5) is 0 Å². The summed E-state index contributed by atoms with van der Waals surface area (Å²) in [5, 5.41) is 13.1. The van der Waals surface area contributed by atoms with Crippen LogP contribution in [-0.2, 0) is 5.41 Å². The highest BCUT2D eigenvalue weighted by atomic mass is 16.5. The van der Waals surface area contributed by atoms with E-state index in [9.17, 15) is 4.79 Å². The van der Waals surface area contributed by atoms with E-state index in [2.05, 4.69) is 101 Å². The third kappa shape index (κ3) is 7.99. The van der Waals surface area contributed by atoms with Gasteiger partial charge in [0, 0.05) is 5.56 Å². The normalized spacial score (nSPS) is 12.1. The topological polar surface area (TPSA) is 110 Å². The number of hydrogen-bond donors (Lipinski definition) is 4. The maximum absolute atomic E-state index is 12.5. The van der Waals surface area contributed by atoms with Crippen LogP contribution in [0.15, 0.2) is 65.9 Å². The van der Waals surface area contributed by atoms with E-state index in [0.29, 0.717) is 11.5 Å². The van der Waals surface area contributed by atoms with Crippen molar-refractivity contribution in [1.82, 2.24) is 10.7 Å². The van der Waals surface area contributed by atoms with Gasteiger partial charge in [-0.2, -0.15) is 5.53 Å². The number of amidine groups is 1. The average Bonchev–Trinajstić information content (AvgIpc) is 2.86. The molecule has 7 nitrogen and oxygen atoms in total. The number of carbonyl (C=O) groups excluding carboxylic acids is 1. The number of aryl methyl sites for hydroxylation is 2. The Labute approximate surface area is 232 Å². The lowest BCUT2D eigenvalue weighted by molar-refractivity contribution is 0.0958. The number of amides is 1. The molecule has 206 valence electrons. The fourth-order valence-corrected chi connectivity index (χ4v) is 4.66. The minimum absolute atomic E-state index is 0.0303. The van der Waals surface area contributed by atoms with Crippen LogP contribution in [0, 0.1) is 30.7 Å². The summed E-state index contributed by atoms with van der Waals surface area (Å²) < 4.78 is 6.57. The van der Waals surface area contributed by atoms with Crippen LogP contribution in [0.3, 0.4) is 0 Å². The molecule has 0 bridgehead atoms. The number of rotatable bonds is 10. The summed E-state index contributed by atoms with van der Waals surface area (Å²) in [5.41, 5.74) is 16.6. The van der Waals surface area contributed by atoms with E-state index in [4.69, 9.17) is 15.7 Å². The zero-order valence-corrected chi connectivity index (χ0v) is 24.1. The molecule has 0 aromatic heterocycles. The largest absolute Gasteiger partial charge is 0.486 e. The van der Waals surface area contributed by atoms with E-state index in [1.165, 1.54) is 27.8 Å². The molecule has 1 atom stereocenters. The highest BCUT2D eigenvalue weighted by Gasteiger charge is 2.19. The summed E-state index contributed by atoms with van der Waals surface area (Å²) in [6, 6.07) is 20.5. The van der Waals surface area contributed by atoms with Crippen molar-refractivity contribution in [2.45, 2.75) is 66.4 Å². The highest BCUT2D eigenvalue weighted by molar-refractivity contribution is 5.96. The lowest BCUT2D eigenvalue weighted by Crippen LogP contribution is -2.34. The molecular weight excluding hydrogens is 486 g/mol. The van der Waals surface area contributed by atoms with Gasteiger partial charge in [-0.3, -0.25) is 10.2 Å². The summed E-state index contributed by atoms with van der Waals surface area (Å²) in [6.45, 7) is 15.3. The second-order valence-corrected chi connectivity index (χ2v) is 11.5. The highest BCUT2D eigenvalue weighted by Crippen LogP contribution is 2.35. The lowest BCUT2D eigenvalue weighted by Gasteiger charge is -2.23. The van der Waals surface area contributed by atoms with Crippen LogP contribution < -0.4 is 15.5 Å². The van der Waals surface area contributed by atoms with Gasteiger partial charge in [-0.1, -0.05) is 76.2 Å². The first-order chi connectivity index (χ1) is 18.4. The summed E-state index contributed by atoms with van der Waals surface area (Å²) in [4.78, 5) is 12.5. The minimum Gasteiger partial charge on any atom is -0.486 e. The van der Waals surface area contributed by atoms with Crippen molar-refractivity contribution in [1.29, 1.82) is 10.9 Å². The molecule has 3 aromatic rings. The summed E-state index contributed by atoms with van der Waals surface area (Å²) in [7, 11) is 0. The number of benzene rings is 3. The SMILES string of the molecule is Cc1cc(OC(CC(C)C)c2ccc(C(=O)NCC(=N)NN=N)cc2)cc(C)c1-c1ccc(C(C)(C)C)cc1. The van der Waals surface area contributed by atoms with E-state index in [1.807, 2.05) is 12.1 Å². The van der Waals surface area contributed by atoms with E-state index in [0.717, 1.165) is 17.7 Å². The van der Waals surface area contributed by atoms with Gasteiger partial charge >= 0.3 is 0 Å². The number of nitrogens with one attached hydrogen (secondary N) is 4. The van der Waals surface area contributed by atoms with Crippen LogP contribution in [0.5, 0.6) is 5.75 Å². The van der Waals surface area contributed by atoms with E-state index < -0.39 is 0 Å². The number of hydrogen-bond acceptors (Lipinski definition) is 5. The lowest BCUT2D eigenvalue weighted by atomic mass is 9.85. The molecule has 7 heteroatoms. The number of carbonyl (C=O) groups is 1. The summed E-state index contributed by atoms with van der Waals surface area (Å²) in [6.07, 6.45) is 0.674. The van der Waals surface area contributed by atoms with Crippen molar-refractivity contribution < 1.29 is 9.53 Å². The molecule has 39 heavy (non-hydrogen) atoms. The van der Waals surface area contributed by atoms with Crippen LogP contribution in [0.25, 0.3) is 11.1 Å². The first-order valence-electron chi connectivity index (χ1n) is 13.4. The third-order valence-electron chi connectivity index (χ3n) is 6.67. The predicted octanol–water partition coefficient (Wildman–Crippen LogP) is 7.68. The van der Waals surface area contributed by atoms with E-state index in [1.54, 1.807) is 12.1 Å². The van der Waals surface area contributed by atoms with Crippen molar-refractivity contribution >= 4 is 11.7 Å². The quantitative estimate of drug-likeness (QED) is 0.0939. The molecule has 4 N–H and O–H groups in total. The molecule has 1 unspecified atom stereocenters. The Morgan fingerprint density at radius 2 is 1.56 bits per heavy atom. The van der Waals surface area contributed by atoms with E-state index in [-0.39, 0.29) is 29.8 Å². The maximum atomic E-state index is 12.5. The zero-order valence-electron chi connectivity index (χ0n) is 24.1. The Morgan fingerprint density at radius 3 is 2.08 bits per heavy atom. The van der Waals surface area contributed by atoms with Gasteiger partial charge in [0.1, 0.15) is 17.7 Å². The van der Waals surface area contributed by atoms with Crippen LogP contribution in [0.2, 0.25) is 0 Å². The minimum atomic E-state index is -0.295. The molecule has 3 aromatic carbocycles. The molecule has 0 aliphatic rings. The Kier molecular flexibility index (Phi) is 9.62. The third-order valence-corrected chi connectivity index (χ3v) is 6.67. The predicted molar refractivity (Wildman–Crippen MR) is 158 cm³/mol. The molecule has 0 saturated carbocycles. The van der Waals surface area contributed by atoms with Gasteiger partial charge in [0.2, 0.25) is 0 Å². The first-order valence-corrected chi connectivity index (χ1v) is 13.4. The first kappa shape index (κ1) is 29.6. The van der Waals surface area contributed by atoms with Crippen LogP contribution in [0.1, 0.15) is 79.8 Å². The van der Waals surface area contributed by atoms with Crippen molar-refractivity contribution in [2.75, 3.05) is 6.54 Å². The van der Waals surface area contributed by atoms with Gasteiger partial charge in [-0.15, -0.1) is 0 Å². The molecule has 0 spiro atoms. The summed E-state index contributed by atoms with van der Waals surface area (Å²) in [5.74, 6) is 0.899. The van der Waals surface area contributed by atoms with Gasteiger partial charge < -0.3 is 10.1 Å². The molecule has 3 rings (SSSR count). The molecule has 0 aliphatic heterocycles. The molecule has 1 amide bonds. The van der Waals surface area contributed by atoms with Crippen LogP contribution >= 0.6 is 0 Å². The van der Waals surface area contributed by atoms with Crippen molar-refractivity contribution in [2.24, 2.45) is 11.1 Å². The fourth-order valence-electron chi connectivity index (χ4n) is 4.66. The molecule has 0 aliphatic carbocycles. The van der Waals surface area contributed by atoms with Gasteiger partial charge in [0.25, 0.3) is 5.91 Å². The fraction of sp³-hybridized carbons (Fsp3) is 0.375. The Morgan fingerprint density at radius 1 is 0.974 bits per heavy atom. The number of nitrogens with zero attached hydrogens (tertiary/aromatic N) is 1. The van der Waals surface area contributed by atoms with Crippen LogP contribution in [-0.4, -0.2) is 18.3 Å².